The van der Waals surface area contributed by atoms with E-state index in [9.17, 15) is 0 Å². The van der Waals surface area contributed by atoms with Crippen LogP contribution in [0.5, 0.6) is 0 Å². The predicted octanol–water partition coefficient (Wildman–Crippen LogP) is 4.96. The molecule has 160 valence electrons. The van der Waals surface area contributed by atoms with Crippen LogP contribution in [0.15, 0.2) is 24.3 Å². The summed E-state index contributed by atoms with van der Waals surface area (Å²) in [7, 11) is 0. The van der Waals surface area contributed by atoms with Gasteiger partial charge in [0.15, 0.2) is 0 Å². The molecule has 2 aromatic rings. The summed E-state index contributed by atoms with van der Waals surface area (Å²) < 4.78 is 2.24. The van der Waals surface area contributed by atoms with E-state index in [1.165, 1.54) is 47.6 Å². The van der Waals surface area contributed by atoms with Crippen molar-refractivity contribution >= 4 is 5.69 Å². The molecule has 3 rings (SSSR count). The quantitative estimate of drug-likeness (QED) is 0.661. The average Bonchev–Trinajstić information content (AvgIpc) is 3.08. The van der Waals surface area contributed by atoms with Gasteiger partial charge < -0.3 is 4.90 Å². The molecule has 0 amide bonds. The third-order valence-corrected chi connectivity index (χ3v) is 6.11. The van der Waals surface area contributed by atoms with Gasteiger partial charge in [-0.1, -0.05) is 19.4 Å². The van der Waals surface area contributed by atoms with E-state index in [2.05, 4.69) is 80.3 Å². The minimum Gasteiger partial charge on any atom is -0.369 e. The third kappa shape index (κ3) is 5.63. The van der Waals surface area contributed by atoms with Gasteiger partial charge >= 0.3 is 0 Å². The van der Waals surface area contributed by atoms with Gasteiger partial charge in [0, 0.05) is 37.6 Å². The van der Waals surface area contributed by atoms with Gasteiger partial charge in [0.2, 0.25) is 0 Å². The van der Waals surface area contributed by atoms with E-state index < -0.39 is 0 Å². The summed E-state index contributed by atoms with van der Waals surface area (Å²) in [6.07, 6.45) is 4.56. The summed E-state index contributed by atoms with van der Waals surface area (Å²) in [6, 6.07) is 9.20. The lowest BCUT2D eigenvalue weighted by atomic mass is 10.1. The maximum absolute atomic E-state index is 4.94. The van der Waals surface area contributed by atoms with Gasteiger partial charge in [-0.15, -0.1) is 0 Å². The Hall–Kier alpha value is -1.81. The number of anilines is 1. The molecule has 1 aliphatic heterocycles. The zero-order chi connectivity index (χ0) is 21.0. The molecule has 1 saturated heterocycles. The van der Waals surface area contributed by atoms with Gasteiger partial charge in [-0.3, -0.25) is 9.58 Å². The molecular weight excluding hydrogens is 356 g/mol. The Morgan fingerprint density at radius 3 is 2.28 bits per heavy atom. The molecule has 0 atom stereocenters. The summed E-state index contributed by atoms with van der Waals surface area (Å²) in [4.78, 5) is 5.15. The first-order chi connectivity index (χ1) is 13.8. The van der Waals surface area contributed by atoms with Gasteiger partial charge in [-0.2, -0.15) is 5.10 Å². The minimum atomic E-state index is 0.0629. The summed E-state index contributed by atoms with van der Waals surface area (Å²) in [5.74, 6) is 0. The second-order valence-corrected chi connectivity index (χ2v) is 9.66. The highest BCUT2D eigenvalue weighted by Gasteiger charge is 2.20. The van der Waals surface area contributed by atoms with Crippen LogP contribution < -0.4 is 4.90 Å². The van der Waals surface area contributed by atoms with Gasteiger partial charge in [-0.05, 0) is 89.8 Å². The molecule has 1 aliphatic rings. The van der Waals surface area contributed by atoms with Crippen LogP contribution in [0.1, 0.15) is 63.1 Å². The fourth-order valence-electron chi connectivity index (χ4n) is 4.25. The molecule has 0 N–H and O–H groups in total. The van der Waals surface area contributed by atoms with Crippen LogP contribution in [-0.4, -0.2) is 47.4 Å². The van der Waals surface area contributed by atoms with Crippen molar-refractivity contribution in [3.05, 3.63) is 46.8 Å². The normalized spacial score (nSPS) is 15.9. The lowest BCUT2D eigenvalue weighted by Gasteiger charge is -2.36. The third-order valence-electron chi connectivity index (χ3n) is 6.11. The summed E-state index contributed by atoms with van der Waals surface area (Å²) >= 11 is 0. The maximum Gasteiger partial charge on any atom is 0.0628 e. The smallest absolute Gasteiger partial charge is 0.0628 e. The molecule has 4 nitrogen and oxygen atoms in total. The molecule has 1 fully saturated rings. The number of benzene rings is 1. The van der Waals surface area contributed by atoms with E-state index >= 15 is 0 Å². The van der Waals surface area contributed by atoms with Crippen LogP contribution in [-0.2, 0) is 18.4 Å². The first kappa shape index (κ1) is 21.9. The van der Waals surface area contributed by atoms with Gasteiger partial charge in [0.05, 0.1) is 11.2 Å². The fraction of sp³-hybridized carbons (Fsp3) is 0.640. The molecule has 0 aliphatic carbocycles. The van der Waals surface area contributed by atoms with E-state index in [4.69, 9.17) is 5.10 Å². The second kappa shape index (κ2) is 9.34. The van der Waals surface area contributed by atoms with Crippen molar-refractivity contribution in [1.29, 1.82) is 0 Å². The monoisotopic (exact) mass is 396 g/mol. The molecule has 2 heterocycles. The molecule has 0 saturated carbocycles. The molecule has 0 spiro atoms. The number of aromatic nitrogens is 2. The lowest BCUT2D eigenvalue weighted by molar-refractivity contribution is 0.254. The first-order valence-corrected chi connectivity index (χ1v) is 11.4. The molecule has 29 heavy (non-hydrogen) atoms. The Labute approximate surface area is 177 Å². The molecule has 4 heteroatoms. The van der Waals surface area contributed by atoms with E-state index in [1.54, 1.807) is 0 Å². The van der Waals surface area contributed by atoms with Crippen LogP contribution in [0.25, 0.3) is 0 Å². The molecule has 0 unspecified atom stereocenters. The Bertz CT molecular complexity index is 792. The highest BCUT2D eigenvalue weighted by atomic mass is 15.3. The number of piperazine rings is 1. The summed E-state index contributed by atoms with van der Waals surface area (Å²) in [6.45, 7) is 19.1. The Morgan fingerprint density at radius 2 is 1.66 bits per heavy atom. The van der Waals surface area contributed by atoms with Crippen molar-refractivity contribution in [1.82, 2.24) is 14.7 Å². The summed E-state index contributed by atoms with van der Waals surface area (Å²) in [5.41, 5.74) is 6.86. The van der Waals surface area contributed by atoms with Crippen molar-refractivity contribution < 1.29 is 0 Å². The van der Waals surface area contributed by atoms with E-state index in [-0.39, 0.29) is 5.54 Å². The van der Waals surface area contributed by atoms with Crippen molar-refractivity contribution in [2.24, 2.45) is 0 Å². The van der Waals surface area contributed by atoms with E-state index in [1.807, 2.05) is 0 Å². The number of aryl methyl sites for hydroxylation is 4. The SMILES string of the molecule is CCCc1cc(CCCN2CCN(c3ccc(C)c(C)c3)CC2)nn1C(C)(C)C. The predicted molar refractivity (Wildman–Crippen MR) is 124 cm³/mol. The van der Waals surface area contributed by atoms with Crippen molar-refractivity contribution in [2.45, 2.75) is 72.8 Å². The topological polar surface area (TPSA) is 24.3 Å². The van der Waals surface area contributed by atoms with Crippen LogP contribution in [0, 0.1) is 13.8 Å². The van der Waals surface area contributed by atoms with Crippen LogP contribution >= 0.6 is 0 Å². The molecule has 0 radical (unpaired) electrons. The molecule has 1 aromatic carbocycles. The average molecular weight is 397 g/mol. The van der Waals surface area contributed by atoms with Crippen LogP contribution in [0.2, 0.25) is 0 Å². The van der Waals surface area contributed by atoms with Crippen molar-refractivity contribution in [2.75, 3.05) is 37.6 Å². The number of rotatable bonds is 7. The highest BCUT2D eigenvalue weighted by molar-refractivity contribution is 5.51. The maximum atomic E-state index is 4.94. The van der Waals surface area contributed by atoms with Gasteiger partial charge in [-0.25, -0.2) is 0 Å². The fourth-order valence-corrected chi connectivity index (χ4v) is 4.25. The largest absolute Gasteiger partial charge is 0.369 e. The standard InChI is InChI=1S/C25H40N4/c1-7-9-24-19-22(26-29(24)25(4,5)6)10-8-13-27-14-16-28(17-15-27)23-12-11-20(2)21(3)18-23/h11-12,18-19H,7-10,13-17H2,1-6H3. The zero-order valence-electron chi connectivity index (χ0n) is 19.5. The Kier molecular flexibility index (Phi) is 7.05. The molecule has 0 bridgehead atoms. The van der Waals surface area contributed by atoms with E-state index in [0.29, 0.717) is 0 Å². The lowest BCUT2D eigenvalue weighted by Crippen LogP contribution is -2.46. The van der Waals surface area contributed by atoms with Crippen LogP contribution in [0.4, 0.5) is 5.69 Å². The first-order valence-electron chi connectivity index (χ1n) is 11.4. The minimum absolute atomic E-state index is 0.0629. The molecule has 1 aromatic heterocycles. The number of nitrogens with zero attached hydrogens (tertiary/aromatic N) is 4. The zero-order valence-corrected chi connectivity index (χ0v) is 19.5. The summed E-state index contributed by atoms with van der Waals surface area (Å²) in [5, 5.41) is 4.94. The Balaban J connectivity index is 1.48. The molecular formula is C25H40N4. The second-order valence-electron chi connectivity index (χ2n) is 9.66. The highest BCUT2D eigenvalue weighted by Crippen LogP contribution is 2.21. The Morgan fingerprint density at radius 1 is 0.931 bits per heavy atom. The number of hydrogen-bond acceptors (Lipinski definition) is 3. The van der Waals surface area contributed by atoms with Gasteiger partial charge in [0.1, 0.15) is 0 Å². The van der Waals surface area contributed by atoms with Crippen molar-refractivity contribution in [3.8, 4) is 0 Å². The van der Waals surface area contributed by atoms with Crippen molar-refractivity contribution in [3.63, 3.8) is 0 Å². The number of hydrogen-bond donors (Lipinski definition) is 0. The van der Waals surface area contributed by atoms with E-state index in [0.717, 1.165) is 39.0 Å². The van der Waals surface area contributed by atoms with Gasteiger partial charge in [0.25, 0.3) is 0 Å². The van der Waals surface area contributed by atoms with Crippen LogP contribution in [0.3, 0.4) is 0 Å².